The number of hydrogen-bond donors (Lipinski definition) is 0. The second-order valence-electron chi connectivity index (χ2n) is 18.1. The Kier molecular flexibility index (Phi) is 51.4. The number of ether oxygens (including phenoxy) is 3. The van der Waals surface area contributed by atoms with Crippen LogP contribution in [0.15, 0.2) is 85.1 Å². The minimum Gasteiger partial charge on any atom is -0.462 e. The number of hydrogen-bond acceptors (Lipinski definition) is 6. The van der Waals surface area contributed by atoms with E-state index in [4.69, 9.17) is 14.2 Å². The maximum absolute atomic E-state index is 12.8. The summed E-state index contributed by atoms with van der Waals surface area (Å²) in [5.41, 5.74) is 0. The number of carbonyl (C=O) groups excluding carboxylic acids is 3. The highest BCUT2D eigenvalue weighted by atomic mass is 16.6. The molecule has 0 saturated carbocycles. The summed E-state index contributed by atoms with van der Waals surface area (Å²) in [6, 6.07) is 0. The van der Waals surface area contributed by atoms with E-state index in [0.717, 1.165) is 103 Å². The minimum absolute atomic E-state index is 0.0933. The molecule has 1 unspecified atom stereocenters. The van der Waals surface area contributed by atoms with Crippen molar-refractivity contribution in [2.45, 2.75) is 264 Å². The van der Waals surface area contributed by atoms with Crippen LogP contribution in [-0.4, -0.2) is 37.2 Å². The summed E-state index contributed by atoms with van der Waals surface area (Å²) >= 11 is 0. The Balaban J connectivity index is 4.44. The van der Waals surface area contributed by atoms with E-state index >= 15 is 0 Å². The van der Waals surface area contributed by atoms with Gasteiger partial charge in [-0.25, -0.2) is 0 Å². The zero-order chi connectivity index (χ0) is 47.9. The molecule has 66 heavy (non-hydrogen) atoms. The van der Waals surface area contributed by atoms with Crippen molar-refractivity contribution in [3.05, 3.63) is 85.1 Å². The third-order valence-corrected chi connectivity index (χ3v) is 11.6. The smallest absolute Gasteiger partial charge is 0.306 e. The van der Waals surface area contributed by atoms with Crippen LogP contribution < -0.4 is 0 Å². The van der Waals surface area contributed by atoms with Gasteiger partial charge < -0.3 is 14.2 Å². The fourth-order valence-corrected chi connectivity index (χ4v) is 7.50. The molecule has 0 aromatic carbocycles. The summed E-state index contributed by atoms with van der Waals surface area (Å²) in [6.07, 6.45) is 70.0. The third-order valence-electron chi connectivity index (χ3n) is 11.6. The van der Waals surface area contributed by atoms with E-state index in [-0.39, 0.29) is 31.1 Å². The summed E-state index contributed by atoms with van der Waals surface area (Å²) in [6.45, 7) is 6.47. The first-order valence-electron chi connectivity index (χ1n) is 27.6. The molecular weight excluding hydrogens is 817 g/mol. The molecule has 1 atom stereocenters. The first-order valence-corrected chi connectivity index (χ1v) is 27.6. The molecule has 0 aliphatic carbocycles. The number of unbranched alkanes of at least 4 members (excludes halogenated alkanes) is 24. The Labute approximate surface area is 407 Å². The van der Waals surface area contributed by atoms with Crippen molar-refractivity contribution >= 4 is 17.9 Å². The molecule has 0 aliphatic heterocycles. The van der Waals surface area contributed by atoms with Gasteiger partial charge in [-0.15, -0.1) is 0 Å². The van der Waals surface area contributed by atoms with Crippen LogP contribution in [0.5, 0.6) is 0 Å². The summed E-state index contributed by atoms with van der Waals surface area (Å²) < 4.78 is 16.8. The van der Waals surface area contributed by atoms with Crippen LogP contribution in [0.4, 0.5) is 0 Å². The van der Waals surface area contributed by atoms with E-state index < -0.39 is 6.10 Å². The molecule has 0 rings (SSSR count). The normalized spacial score (nSPS) is 12.7. The lowest BCUT2D eigenvalue weighted by Gasteiger charge is -2.18. The van der Waals surface area contributed by atoms with Crippen LogP contribution >= 0.6 is 0 Å². The maximum Gasteiger partial charge on any atom is 0.306 e. The predicted molar refractivity (Wildman–Crippen MR) is 284 cm³/mol. The molecule has 0 bridgehead atoms. The van der Waals surface area contributed by atoms with Crippen molar-refractivity contribution in [3.8, 4) is 0 Å². The van der Waals surface area contributed by atoms with Crippen LogP contribution in [0.1, 0.15) is 258 Å². The Bertz CT molecular complexity index is 1290. The number of allylic oxidation sites excluding steroid dienone is 14. The molecular formula is C60H102O6. The molecule has 378 valence electrons. The predicted octanol–water partition coefficient (Wildman–Crippen LogP) is 18.4. The lowest BCUT2D eigenvalue weighted by Crippen LogP contribution is -2.30. The summed E-state index contributed by atoms with van der Waals surface area (Å²) in [4.78, 5) is 38.0. The molecule has 0 fully saturated rings. The van der Waals surface area contributed by atoms with Crippen molar-refractivity contribution in [1.82, 2.24) is 0 Å². The summed E-state index contributed by atoms with van der Waals surface area (Å²) in [5.74, 6) is -0.942. The standard InChI is InChI=1S/C60H102O6/c1-4-7-10-13-16-19-22-25-27-28-29-30-31-32-34-35-38-41-44-47-50-53-59(62)65-56-57(55-64-58(61)52-49-46-43-40-37-24-21-18-15-12-9-6-3)66-60(63)54-51-48-45-42-39-36-33-26-23-20-17-14-11-8-5-2/h7,10,16,18-19,21,25,27,29-30,32,34,38,41,57H,4-6,8-9,11-15,17,20,22-24,26,28,31,33,35-37,39-40,42-56H2,1-3H3/b10-7-,19-16-,21-18-,27-25-,30-29-,34-32-,41-38-. The Morgan fingerprint density at radius 2 is 0.591 bits per heavy atom. The monoisotopic (exact) mass is 919 g/mol. The maximum atomic E-state index is 12.8. The molecule has 6 nitrogen and oxygen atoms in total. The number of esters is 3. The fraction of sp³-hybridized carbons (Fsp3) is 0.717. The van der Waals surface area contributed by atoms with E-state index in [1.807, 2.05) is 0 Å². The van der Waals surface area contributed by atoms with E-state index in [1.165, 1.54) is 116 Å². The van der Waals surface area contributed by atoms with Gasteiger partial charge in [0.05, 0.1) is 0 Å². The van der Waals surface area contributed by atoms with Crippen molar-refractivity contribution in [2.75, 3.05) is 13.2 Å². The van der Waals surface area contributed by atoms with E-state index in [1.54, 1.807) is 0 Å². The zero-order valence-electron chi connectivity index (χ0n) is 43.2. The molecule has 0 radical (unpaired) electrons. The molecule has 0 spiro atoms. The highest BCUT2D eigenvalue weighted by Gasteiger charge is 2.19. The second-order valence-corrected chi connectivity index (χ2v) is 18.1. The quantitative estimate of drug-likeness (QED) is 0.0262. The van der Waals surface area contributed by atoms with Crippen LogP contribution in [0.3, 0.4) is 0 Å². The van der Waals surface area contributed by atoms with Crippen molar-refractivity contribution in [1.29, 1.82) is 0 Å². The molecule has 0 saturated heterocycles. The molecule has 0 aliphatic rings. The number of rotatable bonds is 49. The zero-order valence-corrected chi connectivity index (χ0v) is 43.2. The van der Waals surface area contributed by atoms with Gasteiger partial charge >= 0.3 is 17.9 Å². The number of carbonyl (C=O) groups is 3. The van der Waals surface area contributed by atoms with E-state index in [2.05, 4.69) is 106 Å². The van der Waals surface area contributed by atoms with Crippen molar-refractivity contribution in [3.63, 3.8) is 0 Å². The Morgan fingerprint density at radius 1 is 0.318 bits per heavy atom. The van der Waals surface area contributed by atoms with Gasteiger partial charge in [0.1, 0.15) is 13.2 Å². The lowest BCUT2D eigenvalue weighted by molar-refractivity contribution is -0.167. The van der Waals surface area contributed by atoms with E-state index in [9.17, 15) is 14.4 Å². The highest BCUT2D eigenvalue weighted by molar-refractivity contribution is 5.71. The van der Waals surface area contributed by atoms with Gasteiger partial charge in [-0.2, -0.15) is 0 Å². The van der Waals surface area contributed by atoms with Gasteiger partial charge in [-0.1, -0.05) is 228 Å². The summed E-state index contributed by atoms with van der Waals surface area (Å²) in [5, 5.41) is 0. The molecule has 0 aromatic rings. The SMILES string of the molecule is CC/C=C\C/C=C\C/C=C\C/C=C\C/C=C\C/C=C\CCCCC(=O)OCC(COC(=O)CCCCCCC/C=C\CCCCC)OC(=O)CCCCCCCCCCCCCCCCC. The van der Waals surface area contributed by atoms with Crippen LogP contribution in [-0.2, 0) is 28.6 Å². The lowest BCUT2D eigenvalue weighted by atomic mass is 10.0. The van der Waals surface area contributed by atoms with Gasteiger partial charge in [0.25, 0.3) is 0 Å². The third kappa shape index (κ3) is 51.6. The molecule has 6 heteroatoms. The van der Waals surface area contributed by atoms with Crippen LogP contribution in [0.2, 0.25) is 0 Å². The van der Waals surface area contributed by atoms with Gasteiger partial charge in [0.2, 0.25) is 0 Å². The first-order chi connectivity index (χ1) is 32.5. The van der Waals surface area contributed by atoms with Gasteiger partial charge in [0, 0.05) is 19.3 Å². The average molecular weight is 919 g/mol. The fourth-order valence-electron chi connectivity index (χ4n) is 7.50. The summed E-state index contributed by atoms with van der Waals surface area (Å²) in [7, 11) is 0. The van der Waals surface area contributed by atoms with Crippen molar-refractivity contribution in [2.24, 2.45) is 0 Å². The first kappa shape index (κ1) is 62.6. The topological polar surface area (TPSA) is 78.9 Å². The molecule has 0 aromatic heterocycles. The van der Waals surface area contributed by atoms with Gasteiger partial charge in [-0.3, -0.25) is 14.4 Å². The Hall–Kier alpha value is -3.41. The Morgan fingerprint density at radius 3 is 1.00 bits per heavy atom. The average Bonchev–Trinajstić information content (AvgIpc) is 3.31. The van der Waals surface area contributed by atoms with Gasteiger partial charge in [-0.05, 0) is 96.3 Å². The van der Waals surface area contributed by atoms with Crippen LogP contribution in [0.25, 0.3) is 0 Å². The molecule has 0 N–H and O–H groups in total. The largest absolute Gasteiger partial charge is 0.462 e. The second kappa shape index (κ2) is 54.2. The van der Waals surface area contributed by atoms with Crippen LogP contribution in [0, 0.1) is 0 Å². The highest BCUT2D eigenvalue weighted by Crippen LogP contribution is 2.15. The van der Waals surface area contributed by atoms with Gasteiger partial charge in [0.15, 0.2) is 6.10 Å². The van der Waals surface area contributed by atoms with E-state index in [0.29, 0.717) is 19.3 Å². The molecule has 0 heterocycles. The molecule has 0 amide bonds. The van der Waals surface area contributed by atoms with Crippen molar-refractivity contribution < 1.29 is 28.6 Å². The minimum atomic E-state index is -0.796.